The summed E-state index contributed by atoms with van der Waals surface area (Å²) in [5.41, 5.74) is -0.906. The maximum absolute atomic E-state index is 13.4. The van der Waals surface area contributed by atoms with Gasteiger partial charge in [-0.25, -0.2) is 9.37 Å². The van der Waals surface area contributed by atoms with Gasteiger partial charge in [-0.3, -0.25) is 10.1 Å². The highest BCUT2D eigenvalue weighted by molar-refractivity contribution is 5.62. The first-order valence-electron chi connectivity index (χ1n) is 5.93. The minimum atomic E-state index is -1.19. The molecule has 8 heteroatoms. The van der Waals surface area contributed by atoms with Crippen molar-refractivity contribution in [2.75, 3.05) is 11.9 Å². The van der Waals surface area contributed by atoms with E-state index in [1.54, 1.807) is 12.4 Å². The van der Waals surface area contributed by atoms with Crippen LogP contribution in [0.2, 0.25) is 0 Å². The lowest BCUT2D eigenvalue weighted by atomic mass is 10.2. The molecule has 0 radical (unpaired) electrons. The van der Waals surface area contributed by atoms with Crippen molar-refractivity contribution in [2.45, 2.75) is 12.8 Å². The van der Waals surface area contributed by atoms with Crippen LogP contribution >= 0.6 is 0 Å². The first-order valence-corrected chi connectivity index (χ1v) is 5.93. The van der Waals surface area contributed by atoms with Gasteiger partial charge < -0.3 is 10.3 Å². The molecule has 0 fully saturated rings. The fourth-order valence-electron chi connectivity index (χ4n) is 1.80. The number of hydrogen-bond acceptors (Lipinski definition) is 4. The zero-order valence-corrected chi connectivity index (χ0v) is 10.4. The molecular weight excluding hydrogens is 270 g/mol. The standard InChI is InChI=1S/C12H12F2N4O2/c13-8-6-9(14)12(18(19)20)10(7-8)15-3-1-2-11-16-4-5-17-11/h4-7,15H,1-3H2,(H,16,17). The summed E-state index contributed by atoms with van der Waals surface area (Å²) >= 11 is 0. The fourth-order valence-corrected chi connectivity index (χ4v) is 1.80. The van der Waals surface area contributed by atoms with Gasteiger partial charge in [0.05, 0.1) is 4.92 Å². The average molecular weight is 282 g/mol. The highest BCUT2D eigenvalue weighted by atomic mass is 19.1. The Kier molecular flexibility index (Phi) is 4.24. The molecule has 0 aliphatic carbocycles. The largest absolute Gasteiger partial charge is 0.379 e. The number of nitrogens with one attached hydrogen (secondary N) is 2. The molecule has 0 unspecified atom stereocenters. The predicted octanol–water partition coefficient (Wildman–Crippen LogP) is 2.64. The van der Waals surface area contributed by atoms with Gasteiger partial charge in [-0.2, -0.15) is 4.39 Å². The molecule has 0 bridgehead atoms. The van der Waals surface area contributed by atoms with Crippen LogP contribution in [0.3, 0.4) is 0 Å². The highest BCUT2D eigenvalue weighted by Crippen LogP contribution is 2.28. The maximum Gasteiger partial charge on any atom is 0.327 e. The molecule has 1 aromatic carbocycles. The van der Waals surface area contributed by atoms with E-state index in [0.717, 1.165) is 11.9 Å². The van der Waals surface area contributed by atoms with Crippen molar-refractivity contribution in [2.24, 2.45) is 0 Å². The van der Waals surface area contributed by atoms with Crippen LogP contribution in [0.25, 0.3) is 0 Å². The lowest BCUT2D eigenvalue weighted by Crippen LogP contribution is -2.07. The van der Waals surface area contributed by atoms with Gasteiger partial charge in [-0.15, -0.1) is 0 Å². The van der Waals surface area contributed by atoms with E-state index in [2.05, 4.69) is 15.3 Å². The molecule has 106 valence electrons. The van der Waals surface area contributed by atoms with Crippen molar-refractivity contribution < 1.29 is 13.7 Å². The van der Waals surface area contributed by atoms with Crippen molar-refractivity contribution in [3.05, 3.63) is 52.1 Å². The number of imidazole rings is 1. The first-order chi connectivity index (χ1) is 9.58. The summed E-state index contributed by atoms with van der Waals surface area (Å²) in [6.07, 6.45) is 4.56. The smallest absolute Gasteiger partial charge is 0.327 e. The summed E-state index contributed by atoms with van der Waals surface area (Å²) in [6, 6.07) is 1.40. The summed E-state index contributed by atoms with van der Waals surface area (Å²) in [7, 11) is 0. The van der Waals surface area contributed by atoms with Gasteiger partial charge in [0.2, 0.25) is 5.82 Å². The zero-order valence-electron chi connectivity index (χ0n) is 10.4. The molecule has 0 amide bonds. The number of hydrogen-bond donors (Lipinski definition) is 2. The fraction of sp³-hybridized carbons (Fsp3) is 0.250. The monoisotopic (exact) mass is 282 g/mol. The third-order valence-corrected chi connectivity index (χ3v) is 2.67. The summed E-state index contributed by atoms with van der Waals surface area (Å²) in [6.45, 7) is 0.338. The van der Waals surface area contributed by atoms with Crippen LogP contribution in [0.15, 0.2) is 24.5 Å². The number of benzene rings is 1. The Morgan fingerprint density at radius 3 is 2.85 bits per heavy atom. The van der Waals surface area contributed by atoms with Crippen molar-refractivity contribution in [3.63, 3.8) is 0 Å². The van der Waals surface area contributed by atoms with Crippen molar-refractivity contribution in [1.82, 2.24) is 9.97 Å². The number of anilines is 1. The summed E-state index contributed by atoms with van der Waals surface area (Å²) in [4.78, 5) is 16.8. The van der Waals surface area contributed by atoms with Crippen molar-refractivity contribution >= 4 is 11.4 Å². The van der Waals surface area contributed by atoms with Gasteiger partial charge in [0, 0.05) is 37.5 Å². The van der Waals surface area contributed by atoms with E-state index >= 15 is 0 Å². The van der Waals surface area contributed by atoms with E-state index in [1.165, 1.54) is 0 Å². The molecule has 2 aromatic rings. The number of rotatable bonds is 6. The van der Waals surface area contributed by atoms with Crippen LogP contribution in [0.1, 0.15) is 12.2 Å². The molecule has 20 heavy (non-hydrogen) atoms. The van der Waals surface area contributed by atoms with E-state index in [9.17, 15) is 18.9 Å². The van der Waals surface area contributed by atoms with Gasteiger partial charge in [0.15, 0.2) is 0 Å². The Balaban J connectivity index is 1.99. The summed E-state index contributed by atoms with van der Waals surface area (Å²) in [5, 5.41) is 13.4. The predicted molar refractivity (Wildman–Crippen MR) is 68.4 cm³/mol. The molecule has 2 N–H and O–H groups in total. The van der Waals surface area contributed by atoms with Crippen LogP contribution < -0.4 is 5.32 Å². The average Bonchev–Trinajstić information content (AvgIpc) is 2.86. The zero-order chi connectivity index (χ0) is 14.5. The van der Waals surface area contributed by atoms with Gasteiger partial charge in [0.1, 0.15) is 17.3 Å². The number of nitro groups is 1. The van der Waals surface area contributed by atoms with Crippen LogP contribution in [-0.2, 0) is 6.42 Å². The molecule has 1 heterocycles. The number of aromatic nitrogens is 2. The normalized spacial score (nSPS) is 10.5. The second-order valence-electron chi connectivity index (χ2n) is 4.11. The Morgan fingerprint density at radius 1 is 1.40 bits per heavy atom. The van der Waals surface area contributed by atoms with Gasteiger partial charge in [-0.05, 0) is 6.42 Å². The minimum Gasteiger partial charge on any atom is -0.379 e. The van der Waals surface area contributed by atoms with Gasteiger partial charge >= 0.3 is 5.69 Å². The molecule has 2 rings (SSSR count). The highest BCUT2D eigenvalue weighted by Gasteiger charge is 2.21. The molecule has 0 aliphatic rings. The van der Waals surface area contributed by atoms with Gasteiger partial charge in [-0.1, -0.05) is 0 Å². The first kappa shape index (κ1) is 13.9. The molecule has 0 atom stereocenters. The second kappa shape index (κ2) is 6.09. The lowest BCUT2D eigenvalue weighted by molar-refractivity contribution is -0.386. The van der Waals surface area contributed by atoms with Crippen LogP contribution in [0.5, 0.6) is 0 Å². The number of nitro benzene ring substituents is 1. The Hall–Kier alpha value is -2.51. The van der Waals surface area contributed by atoms with Crippen molar-refractivity contribution in [1.29, 1.82) is 0 Å². The van der Waals surface area contributed by atoms with E-state index < -0.39 is 22.2 Å². The van der Waals surface area contributed by atoms with Crippen molar-refractivity contribution in [3.8, 4) is 0 Å². The number of aromatic amines is 1. The Labute approximate surface area is 113 Å². The number of H-pyrrole nitrogens is 1. The summed E-state index contributed by atoms with van der Waals surface area (Å²) in [5.74, 6) is -1.27. The Morgan fingerprint density at radius 2 is 2.20 bits per heavy atom. The third-order valence-electron chi connectivity index (χ3n) is 2.67. The third kappa shape index (κ3) is 3.28. The quantitative estimate of drug-likeness (QED) is 0.484. The number of nitrogens with zero attached hydrogens (tertiary/aromatic N) is 2. The molecular formula is C12H12F2N4O2. The molecule has 0 saturated heterocycles. The topological polar surface area (TPSA) is 83.8 Å². The van der Waals surface area contributed by atoms with E-state index in [0.29, 0.717) is 25.5 Å². The van der Waals surface area contributed by atoms with Crippen LogP contribution in [0.4, 0.5) is 20.2 Å². The molecule has 1 aromatic heterocycles. The SMILES string of the molecule is O=[N+]([O-])c1c(F)cc(F)cc1NCCCc1ncc[nH]1. The lowest BCUT2D eigenvalue weighted by Gasteiger charge is -2.07. The number of aryl methyl sites for hydroxylation is 1. The number of halogens is 2. The second-order valence-corrected chi connectivity index (χ2v) is 4.11. The Bertz CT molecular complexity index is 602. The maximum atomic E-state index is 13.4. The van der Waals surface area contributed by atoms with E-state index in [1.807, 2.05) is 0 Å². The van der Waals surface area contributed by atoms with Crippen LogP contribution in [0, 0.1) is 21.7 Å². The van der Waals surface area contributed by atoms with E-state index in [4.69, 9.17) is 0 Å². The minimum absolute atomic E-state index is 0.160. The van der Waals surface area contributed by atoms with E-state index in [-0.39, 0.29) is 5.69 Å². The van der Waals surface area contributed by atoms with Gasteiger partial charge in [0.25, 0.3) is 0 Å². The molecule has 6 nitrogen and oxygen atoms in total. The molecule has 0 spiro atoms. The molecule has 0 aliphatic heterocycles. The molecule has 0 saturated carbocycles. The summed E-state index contributed by atoms with van der Waals surface area (Å²) < 4.78 is 26.4. The van der Waals surface area contributed by atoms with Crippen LogP contribution in [-0.4, -0.2) is 21.4 Å².